The van der Waals surface area contributed by atoms with Crippen LogP contribution in [0.25, 0.3) is 6.08 Å². The zero-order chi connectivity index (χ0) is 19.4. The Balaban J connectivity index is 1.68. The van der Waals surface area contributed by atoms with E-state index in [1.54, 1.807) is 18.2 Å². The third-order valence-corrected chi connectivity index (χ3v) is 7.68. The maximum Gasteiger partial charge on any atom is 0.269 e. The van der Waals surface area contributed by atoms with Gasteiger partial charge in [0, 0.05) is 36.2 Å². The molecule has 142 valence electrons. The molecular formula is C18H18N2O5S2. The molecule has 0 aliphatic carbocycles. The van der Waals surface area contributed by atoms with E-state index in [0.29, 0.717) is 18.5 Å². The molecular weight excluding hydrogens is 388 g/mol. The van der Waals surface area contributed by atoms with Gasteiger partial charge in [0.05, 0.1) is 15.9 Å². The van der Waals surface area contributed by atoms with E-state index in [9.17, 15) is 23.3 Å². The van der Waals surface area contributed by atoms with E-state index in [2.05, 4.69) is 0 Å². The molecule has 0 bridgehead atoms. The molecule has 0 spiro atoms. The lowest BCUT2D eigenvalue weighted by molar-refractivity contribution is -0.384. The molecule has 1 unspecified atom stereocenters. The topological polar surface area (TPSA) is 97.6 Å². The van der Waals surface area contributed by atoms with E-state index in [1.807, 2.05) is 17.5 Å². The van der Waals surface area contributed by atoms with Gasteiger partial charge in [-0.2, -0.15) is 0 Å². The molecule has 0 radical (unpaired) electrons. The predicted octanol–water partition coefficient (Wildman–Crippen LogP) is 3.06. The fourth-order valence-corrected chi connectivity index (χ4v) is 5.94. The van der Waals surface area contributed by atoms with E-state index in [-0.39, 0.29) is 23.9 Å². The lowest BCUT2D eigenvalue weighted by Gasteiger charge is -2.17. The van der Waals surface area contributed by atoms with E-state index in [4.69, 9.17) is 0 Å². The van der Waals surface area contributed by atoms with Crippen LogP contribution in [0.1, 0.15) is 22.1 Å². The number of carbonyl (C=O) groups excluding carboxylic acids is 1. The first-order valence-electron chi connectivity index (χ1n) is 8.33. The fourth-order valence-electron chi connectivity index (χ4n) is 2.94. The minimum atomic E-state index is -3.30. The van der Waals surface area contributed by atoms with Crippen molar-refractivity contribution in [3.63, 3.8) is 0 Å². The third kappa shape index (κ3) is 4.61. The Hall–Kier alpha value is -2.52. The van der Waals surface area contributed by atoms with Gasteiger partial charge in [-0.3, -0.25) is 14.9 Å². The number of nitro groups is 1. The zero-order valence-corrected chi connectivity index (χ0v) is 16.0. The summed E-state index contributed by atoms with van der Waals surface area (Å²) >= 11 is 1.42. The molecule has 1 amide bonds. The van der Waals surface area contributed by atoms with Gasteiger partial charge in [0.15, 0.2) is 9.84 Å². The second kappa shape index (κ2) is 8.01. The Morgan fingerprint density at radius 3 is 2.59 bits per heavy atom. The number of benzene rings is 1. The van der Waals surface area contributed by atoms with Gasteiger partial charge < -0.3 is 4.90 Å². The van der Waals surface area contributed by atoms with Crippen LogP contribution in [0.2, 0.25) is 0 Å². The second-order valence-corrected chi connectivity index (χ2v) is 9.45. The number of rotatable bonds is 4. The monoisotopic (exact) mass is 406 g/mol. The first-order chi connectivity index (χ1) is 12.9. The number of carbonyl (C=O) groups is 1. The first kappa shape index (κ1) is 19.2. The number of amides is 1. The summed E-state index contributed by atoms with van der Waals surface area (Å²) in [6, 6.07) is 9.50. The molecule has 0 N–H and O–H groups in total. The van der Waals surface area contributed by atoms with Crippen LogP contribution in [0.5, 0.6) is 0 Å². The maximum atomic E-state index is 12.5. The smallest absolute Gasteiger partial charge is 0.269 e. The average Bonchev–Trinajstić information content (AvgIpc) is 3.11. The molecule has 1 fully saturated rings. The summed E-state index contributed by atoms with van der Waals surface area (Å²) in [7, 11) is -3.30. The Kier molecular flexibility index (Phi) is 5.71. The quantitative estimate of drug-likeness (QED) is 0.442. The van der Waals surface area contributed by atoms with E-state index in [1.165, 1.54) is 34.4 Å². The standard InChI is InChI=1S/C18H18N2O5S2/c21-18(8-5-14-3-6-15(7-4-14)20(22)23)19-10-9-17(16-2-1-12-26-16)27(24,25)13-11-19/h1-8,12,17H,9-11,13H2/b8-5+. The number of thiophene rings is 1. The second-order valence-electron chi connectivity index (χ2n) is 6.17. The van der Waals surface area contributed by atoms with Crippen molar-refractivity contribution in [1.29, 1.82) is 0 Å². The van der Waals surface area contributed by atoms with Gasteiger partial charge in [0.2, 0.25) is 5.91 Å². The number of nitro benzene ring substituents is 1. The van der Waals surface area contributed by atoms with E-state index >= 15 is 0 Å². The van der Waals surface area contributed by atoms with Gasteiger partial charge in [-0.15, -0.1) is 11.3 Å². The summed E-state index contributed by atoms with van der Waals surface area (Å²) in [5, 5.41) is 12.0. The molecule has 7 nitrogen and oxygen atoms in total. The summed E-state index contributed by atoms with van der Waals surface area (Å²) < 4.78 is 25.1. The van der Waals surface area contributed by atoms with Crippen LogP contribution in [0.3, 0.4) is 0 Å². The minimum Gasteiger partial charge on any atom is -0.338 e. The van der Waals surface area contributed by atoms with Crippen molar-refractivity contribution in [2.75, 3.05) is 18.8 Å². The van der Waals surface area contributed by atoms with Crippen molar-refractivity contribution >= 4 is 38.8 Å². The summed E-state index contributed by atoms with van der Waals surface area (Å²) in [6.45, 7) is 0.527. The van der Waals surface area contributed by atoms with Crippen molar-refractivity contribution in [1.82, 2.24) is 4.90 Å². The molecule has 9 heteroatoms. The molecule has 1 aromatic carbocycles. The van der Waals surface area contributed by atoms with Gasteiger partial charge in [-0.1, -0.05) is 6.07 Å². The molecule has 1 aliphatic heterocycles. The predicted molar refractivity (Wildman–Crippen MR) is 104 cm³/mol. The average molecular weight is 406 g/mol. The van der Waals surface area contributed by atoms with E-state index < -0.39 is 20.0 Å². The van der Waals surface area contributed by atoms with Gasteiger partial charge in [-0.05, 0) is 41.6 Å². The number of sulfone groups is 1. The summed E-state index contributed by atoms with van der Waals surface area (Å²) in [4.78, 5) is 25.0. The first-order valence-corrected chi connectivity index (χ1v) is 10.9. The molecule has 2 heterocycles. The van der Waals surface area contributed by atoms with Gasteiger partial charge in [-0.25, -0.2) is 8.42 Å². The molecule has 0 saturated carbocycles. The van der Waals surface area contributed by atoms with Crippen molar-refractivity contribution in [3.05, 3.63) is 68.4 Å². The summed E-state index contributed by atoms with van der Waals surface area (Å²) in [5.74, 6) is -0.331. The third-order valence-electron chi connectivity index (χ3n) is 4.43. The molecule has 1 saturated heterocycles. The van der Waals surface area contributed by atoms with Crippen molar-refractivity contribution in [2.45, 2.75) is 11.7 Å². The van der Waals surface area contributed by atoms with Crippen LogP contribution in [0.15, 0.2) is 47.9 Å². The van der Waals surface area contributed by atoms with Gasteiger partial charge >= 0.3 is 0 Å². The lowest BCUT2D eigenvalue weighted by Crippen LogP contribution is -2.32. The van der Waals surface area contributed by atoms with Crippen molar-refractivity contribution in [3.8, 4) is 0 Å². The van der Waals surface area contributed by atoms with Crippen LogP contribution in [0.4, 0.5) is 5.69 Å². The molecule has 1 atom stereocenters. The Bertz CT molecular complexity index is 950. The SMILES string of the molecule is O=C(/C=C/c1ccc([N+](=O)[O-])cc1)N1CCC(c2cccs2)S(=O)(=O)CC1. The Labute approximate surface area is 161 Å². The summed E-state index contributed by atoms with van der Waals surface area (Å²) in [6.07, 6.45) is 3.32. The van der Waals surface area contributed by atoms with Crippen LogP contribution in [-0.2, 0) is 14.6 Å². The largest absolute Gasteiger partial charge is 0.338 e. The number of non-ortho nitro benzene ring substituents is 1. The Morgan fingerprint density at radius 1 is 1.22 bits per heavy atom. The Morgan fingerprint density at radius 2 is 1.96 bits per heavy atom. The molecule has 2 aromatic rings. The number of hydrogen-bond acceptors (Lipinski definition) is 6. The van der Waals surface area contributed by atoms with Crippen LogP contribution >= 0.6 is 11.3 Å². The lowest BCUT2D eigenvalue weighted by atomic mass is 10.2. The highest BCUT2D eigenvalue weighted by atomic mass is 32.2. The van der Waals surface area contributed by atoms with Crippen molar-refractivity contribution < 1.29 is 18.1 Å². The normalized spacial score (nSPS) is 19.7. The van der Waals surface area contributed by atoms with E-state index in [0.717, 1.165) is 4.88 Å². The molecule has 27 heavy (non-hydrogen) atoms. The van der Waals surface area contributed by atoms with Crippen LogP contribution < -0.4 is 0 Å². The number of hydrogen-bond donors (Lipinski definition) is 0. The highest BCUT2D eigenvalue weighted by molar-refractivity contribution is 7.91. The number of nitrogens with zero attached hydrogens (tertiary/aromatic N) is 2. The fraction of sp³-hybridized carbons (Fsp3) is 0.278. The molecule has 1 aromatic heterocycles. The zero-order valence-electron chi connectivity index (χ0n) is 14.4. The van der Waals surface area contributed by atoms with Crippen molar-refractivity contribution in [2.24, 2.45) is 0 Å². The maximum absolute atomic E-state index is 12.5. The molecule has 1 aliphatic rings. The molecule has 3 rings (SSSR count). The minimum absolute atomic E-state index is 0.0178. The van der Waals surface area contributed by atoms with Gasteiger partial charge in [0.1, 0.15) is 0 Å². The van der Waals surface area contributed by atoms with Crippen LogP contribution in [0, 0.1) is 10.1 Å². The highest BCUT2D eigenvalue weighted by Crippen LogP contribution is 2.32. The summed E-state index contributed by atoms with van der Waals surface area (Å²) in [5.41, 5.74) is 0.642. The van der Waals surface area contributed by atoms with Gasteiger partial charge in [0.25, 0.3) is 5.69 Å². The highest BCUT2D eigenvalue weighted by Gasteiger charge is 2.32. The van der Waals surface area contributed by atoms with Crippen LogP contribution in [-0.4, -0.2) is 43.0 Å².